The molecular weight excluding hydrogens is 200 g/mol. The van der Waals surface area contributed by atoms with E-state index in [-0.39, 0.29) is 0 Å². The number of unbranched alkanes of at least 4 members (excludes halogenated alkanes) is 3. The summed E-state index contributed by atoms with van der Waals surface area (Å²) < 4.78 is 10.8. The lowest BCUT2D eigenvalue weighted by molar-refractivity contribution is 0.0794. The molecule has 2 nitrogen and oxygen atoms in total. The molecule has 0 N–H and O–H groups in total. The molecule has 1 aliphatic rings. The van der Waals surface area contributed by atoms with E-state index in [0.29, 0.717) is 6.10 Å². The van der Waals surface area contributed by atoms with E-state index >= 15 is 0 Å². The second kappa shape index (κ2) is 9.00. The Balaban J connectivity index is 1.98. The molecule has 2 atom stereocenters. The van der Waals surface area contributed by atoms with E-state index in [0.717, 1.165) is 25.7 Å². The van der Waals surface area contributed by atoms with Crippen LogP contribution >= 0.6 is 0 Å². The minimum Gasteiger partial charge on any atom is -0.378 e. The molecule has 1 heterocycles. The van der Waals surface area contributed by atoms with Gasteiger partial charge in [0.25, 0.3) is 0 Å². The fraction of sp³-hybridized carbons (Fsp3) is 1.00. The predicted molar refractivity (Wildman–Crippen MR) is 67.7 cm³/mol. The van der Waals surface area contributed by atoms with Gasteiger partial charge in [-0.2, -0.15) is 0 Å². The quantitative estimate of drug-likeness (QED) is 0.396. The second-order valence-electron chi connectivity index (χ2n) is 5.00. The number of hydrogen-bond donors (Lipinski definition) is 0. The fourth-order valence-corrected chi connectivity index (χ4v) is 2.11. The highest BCUT2D eigenvalue weighted by Crippen LogP contribution is 2.17. The lowest BCUT2D eigenvalue weighted by atomic mass is 9.97. The minimum atomic E-state index is 0.419. The standard InChI is InChI=1S/C14H28O2/c1-3-5-6-7-9-13(8-4-2)10-15-11-14-12-16-14/h13-14H,3-12H2,1-2H3. The molecule has 1 fully saturated rings. The maximum Gasteiger partial charge on any atom is 0.104 e. The van der Waals surface area contributed by atoms with Crippen molar-refractivity contribution in [2.75, 3.05) is 19.8 Å². The van der Waals surface area contributed by atoms with Gasteiger partial charge < -0.3 is 9.47 Å². The Morgan fingerprint density at radius 1 is 1.12 bits per heavy atom. The Hall–Kier alpha value is -0.0800. The molecule has 96 valence electrons. The third-order valence-electron chi connectivity index (χ3n) is 3.22. The van der Waals surface area contributed by atoms with Crippen molar-refractivity contribution < 1.29 is 9.47 Å². The van der Waals surface area contributed by atoms with Crippen molar-refractivity contribution in [2.24, 2.45) is 5.92 Å². The Labute approximate surface area is 101 Å². The summed E-state index contributed by atoms with van der Waals surface area (Å²) in [6.07, 6.45) is 9.84. The van der Waals surface area contributed by atoms with E-state index in [1.165, 1.54) is 44.9 Å². The molecule has 0 aromatic heterocycles. The van der Waals surface area contributed by atoms with Gasteiger partial charge in [-0.1, -0.05) is 46.0 Å². The lowest BCUT2D eigenvalue weighted by Gasteiger charge is -2.15. The maximum absolute atomic E-state index is 5.70. The molecule has 16 heavy (non-hydrogen) atoms. The van der Waals surface area contributed by atoms with Gasteiger partial charge in [-0.25, -0.2) is 0 Å². The summed E-state index contributed by atoms with van der Waals surface area (Å²) in [6.45, 7) is 7.20. The summed E-state index contributed by atoms with van der Waals surface area (Å²) in [6, 6.07) is 0. The maximum atomic E-state index is 5.70. The van der Waals surface area contributed by atoms with E-state index < -0.39 is 0 Å². The first-order valence-electron chi connectivity index (χ1n) is 7.06. The smallest absolute Gasteiger partial charge is 0.104 e. The first-order chi connectivity index (χ1) is 7.86. The van der Waals surface area contributed by atoms with Crippen molar-refractivity contribution in [1.29, 1.82) is 0 Å². The van der Waals surface area contributed by atoms with Crippen LogP contribution in [0.2, 0.25) is 0 Å². The molecule has 0 aromatic rings. The van der Waals surface area contributed by atoms with E-state index in [1.54, 1.807) is 0 Å². The summed E-state index contributed by atoms with van der Waals surface area (Å²) in [5, 5.41) is 0. The highest BCUT2D eigenvalue weighted by Gasteiger charge is 2.22. The van der Waals surface area contributed by atoms with Crippen molar-refractivity contribution >= 4 is 0 Å². The zero-order valence-electron chi connectivity index (χ0n) is 11.0. The molecule has 2 heteroatoms. The van der Waals surface area contributed by atoms with Crippen LogP contribution in [0.4, 0.5) is 0 Å². The molecule has 1 aliphatic heterocycles. The van der Waals surface area contributed by atoms with E-state index in [1.807, 2.05) is 0 Å². The van der Waals surface area contributed by atoms with Crippen molar-refractivity contribution in [3.05, 3.63) is 0 Å². The lowest BCUT2D eigenvalue weighted by Crippen LogP contribution is -2.12. The first kappa shape index (κ1) is 14.0. The topological polar surface area (TPSA) is 21.8 Å². The molecule has 0 saturated carbocycles. The molecule has 0 spiro atoms. The van der Waals surface area contributed by atoms with Gasteiger partial charge in [0.2, 0.25) is 0 Å². The molecule has 2 unspecified atom stereocenters. The van der Waals surface area contributed by atoms with Gasteiger partial charge in [-0.3, -0.25) is 0 Å². The van der Waals surface area contributed by atoms with E-state index in [4.69, 9.17) is 9.47 Å². The van der Waals surface area contributed by atoms with Gasteiger partial charge in [-0.15, -0.1) is 0 Å². The van der Waals surface area contributed by atoms with Crippen LogP contribution in [0.25, 0.3) is 0 Å². The Morgan fingerprint density at radius 2 is 1.94 bits per heavy atom. The second-order valence-corrected chi connectivity index (χ2v) is 5.00. The molecule has 0 radical (unpaired) electrons. The molecule has 0 aromatic carbocycles. The van der Waals surface area contributed by atoms with Crippen LogP contribution in [0.1, 0.15) is 58.8 Å². The normalized spacial score (nSPS) is 21.0. The van der Waals surface area contributed by atoms with Crippen molar-refractivity contribution in [1.82, 2.24) is 0 Å². The van der Waals surface area contributed by atoms with E-state index in [2.05, 4.69) is 13.8 Å². The monoisotopic (exact) mass is 228 g/mol. The number of epoxide rings is 1. The summed E-state index contributed by atoms with van der Waals surface area (Å²) >= 11 is 0. The summed E-state index contributed by atoms with van der Waals surface area (Å²) in [5.41, 5.74) is 0. The number of hydrogen-bond acceptors (Lipinski definition) is 2. The third-order valence-corrected chi connectivity index (χ3v) is 3.22. The highest BCUT2D eigenvalue weighted by molar-refractivity contribution is 4.68. The zero-order chi connectivity index (χ0) is 11.6. The van der Waals surface area contributed by atoms with Gasteiger partial charge in [0.05, 0.1) is 13.2 Å². The average Bonchev–Trinajstić information content (AvgIpc) is 3.08. The van der Waals surface area contributed by atoms with Crippen molar-refractivity contribution in [2.45, 2.75) is 64.9 Å². The fourth-order valence-electron chi connectivity index (χ4n) is 2.11. The van der Waals surface area contributed by atoms with Crippen LogP contribution in [0.3, 0.4) is 0 Å². The third kappa shape index (κ3) is 7.24. The summed E-state index contributed by atoms with van der Waals surface area (Å²) in [4.78, 5) is 0. The van der Waals surface area contributed by atoms with Crippen molar-refractivity contribution in [3.8, 4) is 0 Å². The van der Waals surface area contributed by atoms with Crippen LogP contribution in [0, 0.1) is 5.92 Å². The number of ether oxygens (including phenoxy) is 2. The van der Waals surface area contributed by atoms with Gasteiger partial charge >= 0.3 is 0 Å². The van der Waals surface area contributed by atoms with Gasteiger partial charge in [0.1, 0.15) is 6.10 Å². The summed E-state index contributed by atoms with van der Waals surface area (Å²) in [7, 11) is 0. The minimum absolute atomic E-state index is 0.419. The first-order valence-corrected chi connectivity index (χ1v) is 7.06. The van der Waals surface area contributed by atoms with Gasteiger partial charge in [-0.05, 0) is 18.8 Å². The van der Waals surface area contributed by atoms with Gasteiger partial charge in [0, 0.05) is 6.61 Å². The van der Waals surface area contributed by atoms with Crippen LogP contribution in [0.5, 0.6) is 0 Å². The SMILES string of the molecule is CCCCCCC(CCC)COCC1CO1. The molecule has 0 amide bonds. The molecular formula is C14H28O2. The Kier molecular flexibility index (Phi) is 7.87. The molecule has 0 bridgehead atoms. The Bertz CT molecular complexity index is 155. The zero-order valence-corrected chi connectivity index (χ0v) is 11.0. The number of rotatable bonds is 11. The summed E-state index contributed by atoms with van der Waals surface area (Å²) in [5.74, 6) is 0.778. The Morgan fingerprint density at radius 3 is 2.56 bits per heavy atom. The molecule has 1 rings (SSSR count). The predicted octanol–water partition coefficient (Wildman–Crippen LogP) is 3.79. The largest absolute Gasteiger partial charge is 0.378 e. The van der Waals surface area contributed by atoms with Crippen LogP contribution in [-0.2, 0) is 9.47 Å². The molecule has 1 saturated heterocycles. The molecule has 0 aliphatic carbocycles. The van der Waals surface area contributed by atoms with E-state index in [9.17, 15) is 0 Å². The van der Waals surface area contributed by atoms with Gasteiger partial charge in [0.15, 0.2) is 0 Å². The van der Waals surface area contributed by atoms with Crippen molar-refractivity contribution in [3.63, 3.8) is 0 Å². The van der Waals surface area contributed by atoms with Crippen LogP contribution in [0.15, 0.2) is 0 Å². The van der Waals surface area contributed by atoms with Crippen LogP contribution < -0.4 is 0 Å². The highest BCUT2D eigenvalue weighted by atomic mass is 16.6. The average molecular weight is 228 g/mol. The van der Waals surface area contributed by atoms with Crippen LogP contribution in [-0.4, -0.2) is 25.9 Å².